The van der Waals surface area contributed by atoms with Crippen molar-refractivity contribution < 1.29 is 31.8 Å². The van der Waals surface area contributed by atoms with Crippen LogP contribution in [0.5, 0.6) is 11.5 Å². The summed E-state index contributed by atoms with van der Waals surface area (Å²) in [7, 11) is -1.78. The molecule has 10 heteroatoms. The quantitative estimate of drug-likeness (QED) is 0.309. The number of esters is 1. The van der Waals surface area contributed by atoms with Crippen LogP contribution >= 0.6 is 0 Å². The standard InChI is InChI=1S/C16H15NO8S/c1-23-15-8-7-13(10-14(15)17(19)20)26(21,22)25-12-5-3-11(4-6-12)9-16(18)24-2/h3-8,10H,9H2,1-2H3. The molecule has 0 aliphatic heterocycles. The predicted molar refractivity (Wildman–Crippen MR) is 89.6 cm³/mol. The fourth-order valence-corrected chi connectivity index (χ4v) is 3.00. The Labute approximate surface area is 149 Å². The lowest BCUT2D eigenvalue weighted by Crippen LogP contribution is -2.10. The monoisotopic (exact) mass is 381 g/mol. The molecule has 0 saturated carbocycles. The Kier molecular flexibility index (Phi) is 5.78. The van der Waals surface area contributed by atoms with Crippen LogP contribution in [0.15, 0.2) is 47.4 Å². The van der Waals surface area contributed by atoms with Gasteiger partial charge in [0.05, 0.1) is 25.6 Å². The van der Waals surface area contributed by atoms with E-state index < -0.39 is 26.7 Å². The third kappa shape index (κ3) is 4.48. The molecule has 0 aliphatic carbocycles. The highest BCUT2D eigenvalue weighted by molar-refractivity contribution is 7.87. The van der Waals surface area contributed by atoms with Crippen LogP contribution in [0.3, 0.4) is 0 Å². The maximum Gasteiger partial charge on any atom is 0.339 e. The fraction of sp³-hybridized carbons (Fsp3) is 0.188. The van der Waals surface area contributed by atoms with Gasteiger partial charge in [-0.2, -0.15) is 8.42 Å². The highest BCUT2D eigenvalue weighted by atomic mass is 32.2. The molecular formula is C16H15NO8S. The highest BCUT2D eigenvalue weighted by Crippen LogP contribution is 2.30. The number of nitrogens with zero attached hydrogens (tertiary/aromatic N) is 1. The topological polar surface area (TPSA) is 122 Å². The number of carbonyl (C=O) groups is 1. The number of benzene rings is 2. The molecule has 0 unspecified atom stereocenters. The summed E-state index contributed by atoms with van der Waals surface area (Å²) in [6, 6.07) is 8.94. The molecule has 0 N–H and O–H groups in total. The third-order valence-electron chi connectivity index (χ3n) is 3.34. The maximum atomic E-state index is 12.3. The minimum Gasteiger partial charge on any atom is -0.490 e. The molecule has 0 bridgehead atoms. The lowest BCUT2D eigenvalue weighted by atomic mass is 10.1. The van der Waals surface area contributed by atoms with E-state index in [2.05, 4.69) is 4.74 Å². The first-order valence-corrected chi connectivity index (χ1v) is 8.60. The fourth-order valence-electron chi connectivity index (χ4n) is 2.04. The summed E-state index contributed by atoms with van der Waals surface area (Å²) in [4.78, 5) is 21.1. The Hall–Kier alpha value is -3.14. The molecule has 2 aromatic rings. The first kappa shape index (κ1) is 19.2. The van der Waals surface area contributed by atoms with E-state index in [1.54, 1.807) is 0 Å². The van der Waals surface area contributed by atoms with Crippen molar-refractivity contribution in [2.75, 3.05) is 14.2 Å². The maximum absolute atomic E-state index is 12.3. The smallest absolute Gasteiger partial charge is 0.339 e. The first-order chi connectivity index (χ1) is 12.3. The normalized spacial score (nSPS) is 10.8. The van der Waals surface area contributed by atoms with Crippen LogP contribution in [-0.2, 0) is 26.1 Å². The summed E-state index contributed by atoms with van der Waals surface area (Å²) in [5, 5.41) is 11.0. The average Bonchev–Trinajstić information content (AvgIpc) is 2.62. The zero-order valence-corrected chi connectivity index (χ0v) is 14.7. The minimum absolute atomic E-state index is 0.00270. The molecule has 0 fully saturated rings. The van der Waals surface area contributed by atoms with Gasteiger partial charge in [-0.05, 0) is 29.8 Å². The minimum atomic E-state index is -4.29. The van der Waals surface area contributed by atoms with Gasteiger partial charge in [-0.3, -0.25) is 14.9 Å². The summed E-state index contributed by atoms with van der Waals surface area (Å²) in [5.74, 6) is -0.505. The number of nitro groups is 1. The molecule has 138 valence electrons. The van der Waals surface area contributed by atoms with E-state index in [0.29, 0.717) is 5.56 Å². The van der Waals surface area contributed by atoms with Crippen LogP contribution in [0, 0.1) is 10.1 Å². The molecule has 2 rings (SSSR count). The van der Waals surface area contributed by atoms with Crippen LogP contribution in [0.2, 0.25) is 0 Å². The van der Waals surface area contributed by atoms with Crippen molar-refractivity contribution in [3.63, 3.8) is 0 Å². The predicted octanol–water partition coefficient (Wildman–Crippen LogP) is 2.09. The summed E-state index contributed by atoms with van der Waals surface area (Å²) in [5.41, 5.74) is 0.118. The molecule has 2 aromatic carbocycles. The summed E-state index contributed by atoms with van der Waals surface area (Å²) >= 11 is 0. The van der Waals surface area contributed by atoms with Crippen LogP contribution in [0.1, 0.15) is 5.56 Å². The van der Waals surface area contributed by atoms with E-state index in [9.17, 15) is 23.3 Å². The Morgan fingerprint density at radius 2 is 1.77 bits per heavy atom. The third-order valence-corrected chi connectivity index (χ3v) is 4.58. The lowest BCUT2D eigenvalue weighted by molar-refractivity contribution is -0.386. The average molecular weight is 381 g/mol. The second kappa shape index (κ2) is 7.83. The van der Waals surface area contributed by atoms with E-state index >= 15 is 0 Å². The summed E-state index contributed by atoms with van der Waals surface area (Å²) in [6.07, 6.45) is 0.0359. The molecule has 0 heterocycles. The summed E-state index contributed by atoms with van der Waals surface area (Å²) < 4.78 is 39.0. The molecule has 0 atom stereocenters. The van der Waals surface area contributed by atoms with E-state index in [-0.39, 0.29) is 22.8 Å². The van der Waals surface area contributed by atoms with Gasteiger partial charge < -0.3 is 13.7 Å². The Morgan fingerprint density at radius 1 is 1.12 bits per heavy atom. The van der Waals surface area contributed by atoms with Crippen molar-refractivity contribution in [3.8, 4) is 11.5 Å². The van der Waals surface area contributed by atoms with E-state index in [1.165, 1.54) is 44.6 Å². The van der Waals surface area contributed by atoms with Crippen molar-refractivity contribution >= 4 is 21.8 Å². The van der Waals surface area contributed by atoms with Crippen LogP contribution in [0.25, 0.3) is 0 Å². The molecule has 9 nitrogen and oxygen atoms in total. The second-order valence-electron chi connectivity index (χ2n) is 5.03. The SMILES string of the molecule is COC(=O)Cc1ccc(OS(=O)(=O)c2ccc(OC)c([N+](=O)[O-])c2)cc1. The number of carbonyl (C=O) groups excluding carboxylic acids is 1. The number of hydrogen-bond acceptors (Lipinski definition) is 8. The van der Waals surface area contributed by atoms with Crippen molar-refractivity contribution in [1.29, 1.82) is 0 Å². The van der Waals surface area contributed by atoms with Gasteiger partial charge in [0.25, 0.3) is 0 Å². The molecule has 26 heavy (non-hydrogen) atoms. The van der Waals surface area contributed by atoms with Gasteiger partial charge in [0.2, 0.25) is 0 Å². The molecule has 0 radical (unpaired) electrons. The van der Waals surface area contributed by atoms with E-state index in [4.69, 9.17) is 8.92 Å². The van der Waals surface area contributed by atoms with Crippen molar-refractivity contribution in [1.82, 2.24) is 0 Å². The molecule has 0 aromatic heterocycles. The second-order valence-corrected chi connectivity index (χ2v) is 6.57. The van der Waals surface area contributed by atoms with Crippen LogP contribution in [0.4, 0.5) is 5.69 Å². The zero-order valence-electron chi connectivity index (χ0n) is 13.9. The van der Waals surface area contributed by atoms with Crippen molar-refractivity contribution in [2.45, 2.75) is 11.3 Å². The van der Waals surface area contributed by atoms with Gasteiger partial charge in [-0.15, -0.1) is 0 Å². The Bertz CT molecular complexity index is 922. The molecule has 0 aliphatic rings. The van der Waals surface area contributed by atoms with Gasteiger partial charge >= 0.3 is 21.8 Å². The van der Waals surface area contributed by atoms with E-state index in [0.717, 1.165) is 12.1 Å². The van der Waals surface area contributed by atoms with E-state index in [1.807, 2.05) is 0 Å². The number of rotatable bonds is 7. The molecule has 0 amide bonds. The Balaban J connectivity index is 2.24. The van der Waals surface area contributed by atoms with Crippen molar-refractivity contribution in [3.05, 3.63) is 58.1 Å². The largest absolute Gasteiger partial charge is 0.490 e. The Morgan fingerprint density at radius 3 is 2.31 bits per heavy atom. The zero-order chi connectivity index (χ0) is 19.3. The summed E-state index contributed by atoms with van der Waals surface area (Å²) in [6.45, 7) is 0. The number of methoxy groups -OCH3 is 2. The number of ether oxygens (including phenoxy) is 2. The van der Waals surface area contributed by atoms with Gasteiger partial charge in [-0.25, -0.2) is 0 Å². The van der Waals surface area contributed by atoms with Crippen molar-refractivity contribution in [2.24, 2.45) is 0 Å². The van der Waals surface area contributed by atoms with Gasteiger partial charge in [0, 0.05) is 6.07 Å². The molecule has 0 saturated heterocycles. The van der Waals surface area contributed by atoms with Crippen LogP contribution in [-0.4, -0.2) is 33.5 Å². The lowest BCUT2D eigenvalue weighted by Gasteiger charge is -2.09. The first-order valence-electron chi connectivity index (χ1n) is 7.19. The van der Waals surface area contributed by atoms with Gasteiger partial charge in [0.1, 0.15) is 10.6 Å². The number of nitro benzene ring substituents is 1. The van der Waals surface area contributed by atoms with Crippen LogP contribution < -0.4 is 8.92 Å². The number of hydrogen-bond donors (Lipinski definition) is 0. The van der Waals surface area contributed by atoms with Gasteiger partial charge in [-0.1, -0.05) is 12.1 Å². The van der Waals surface area contributed by atoms with Gasteiger partial charge in [0.15, 0.2) is 5.75 Å². The highest BCUT2D eigenvalue weighted by Gasteiger charge is 2.23. The molecular weight excluding hydrogens is 366 g/mol. The molecule has 0 spiro atoms.